The lowest BCUT2D eigenvalue weighted by atomic mass is 10.5. The van der Waals surface area contributed by atoms with E-state index in [9.17, 15) is 12.8 Å². The first kappa shape index (κ1) is 10.8. The van der Waals surface area contributed by atoms with E-state index in [1.54, 1.807) is 0 Å². The van der Waals surface area contributed by atoms with Gasteiger partial charge in [0, 0.05) is 9.77 Å². The Kier molecular flexibility index (Phi) is 3.23. The number of nitrogens with zero attached hydrogens (tertiary/aromatic N) is 1. The molecule has 0 saturated carbocycles. The van der Waals surface area contributed by atoms with Crippen molar-refractivity contribution in [3.63, 3.8) is 0 Å². The quantitative estimate of drug-likeness (QED) is 0.615. The van der Waals surface area contributed by atoms with Gasteiger partial charge < -0.3 is 0 Å². The third-order valence-corrected chi connectivity index (χ3v) is 3.80. The first-order valence-electron chi connectivity index (χ1n) is 3.51. The van der Waals surface area contributed by atoms with Crippen molar-refractivity contribution in [2.45, 2.75) is 11.8 Å². The lowest BCUT2D eigenvalue weighted by Gasteiger charge is -2.01. The monoisotopic (exact) mass is 315 g/mol. The van der Waals surface area contributed by atoms with Crippen LogP contribution in [-0.2, 0) is 9.84 Å². The Balaban J connectivity index is 3.38. The summed E-state index contributed by atoms with van der Waals surface area (Å²) >= 11 is 1.88. The number of pyridine rings is 1. The molecule has 0 bridgehead atoms. The molecule has 0 spiro atoms. The second-order valence-corrected chi connectivity index (χ2v) is 5.84. The third kappa shape index (κ3) is 2.37. The molecule has 0 aliphatic heterocycles. The lowest BCUT2D eigenvalue weighted by Crippen LogP contribution is -2.07. The van der Waals surface area contributed by atoms with E-state index in [2.05, 4.69) is 4.98 Å². The number of aromatic nitrogens is 1. The predicted octanol–water partition coefficient (Wildman–Crippen LogP) is 1.62. The molecule has 0 unspecified atom stereocenters. The number of hydrogen-bond donors (Lipinski definition) is 0. The molecular weight excluding hydrogens is 308 g/mol. The molecule has 0 N–H and O–H groups in total. The summed E-state index contributed by atoms with van der Waals surface area (Å²) in [6, 6.07) is 1.28. The Morgan fingerprint density at radius 1 is 1.62 bits per heavy atom. The van der Waals surface area contributed by atoms with E-state index in [-0.39, 0.29) is 10.6 Å². The third-order valence-electron chi connectivity index (χ3n) is 1.49. The van der Waals surface area contributed by atoms with Crippen molar-refractivity contribution in [1.29, 1.82) is 0 Å². The summed E-state index contributed by atoms with van der Waals surface area (Å²) in [6.07, 6.45) is 1.28. The highest BCUT2D eigenvalue weighted by atomic mass is 127. The zero-order valence-electron chi connectivity index (χ0n) is 6.79. The fraction of sp³-hybridized carbons (Fsp3) is 0.286. The van der Waals surface area contributed by atoms with Crippen LogP contribution in [0.4, 0.5) is 4.39 Å². The van der Waals surface area contributed by atoms with Crippen LogP contribution in [0, 0.1) is 9.52 Å². The minimum Gasteiger partial charge on any atom is -0.226 e. The minimum absolute atomic E-state index is 0.119. The van der Waals surface area contributed by atoms with Crippen LogP contribution in [-0.4, -0.2) is 19.2 Å². The second kappa shape index (κ2) is 3.87. The van der Waals surface area contributed by atoms with Crippen molar-refractivity contribution < 1.29 is 12.8 Å². The molecule has 0 radical (unpaired) electrons. The van der Waals surface area contributed by atoms with E-state index in [0.717, 1.165) is 0 Å². The minimum atomic E-state index is -3.49. The van der Waals surface area contributed by atoms with Crippen LogP contribution in [0.1, 0.15) is 6.92 Å². The van der Waals surface area contributed by atoms with Gasteiger partial charge in [-0.2, -0.15) is 4.39 Å². The maximum Gasteiger partial charge on any atom is 0.231 e. The smallest absolute Gasteiger partial charge is 0.226 e. The summed E-state index contributed by atoms with van der Waals surface area (Å²) in [4.78, 5) is 3.02. The Labute approximate surface area is 89.4 Å². The van der Waals surface area contributed by atoms with Gasteiger partial charge in [-0.25, -0.2) is 13.4 Å². The van der Waals surface area contributed by atoms with Crippen molar-refractivity contribution in [3.8, 4) is 0 Å². The molecule has 1 aromatic heterocycles. The van der Waals surface area contributed by atoms with Gasteiger partial charge in [0.2, 0.25) is 5.95 Å². The van der Waals surface area contributed by atoms with Crippen molar-refractivity contribution in [2.75, 3.05) is 5.75 Å². The van der Waals surface area contributed by atoms with E-state index in [1.165, 1.54) is 19.2 Å². The number of sulfone groups is 1. The van der Waals surface area contributed by atoms with Gasteiger partial charge in [-0.3, -0.25) is 0 Å². The highest BCUT2D eigenvalue weighted by Gasteiger charge is 2.18. The molecule has 1 heterocycles. The van der Waals surface area contributed by atoms with Crippen molar-refractivity contribution >= 4 is 32.4 Å². The van der Waals surface area contributed by atoms with Crippen LogP contribution in [0.15, 0.2) is 17.2 Å². The van der Waals surface area contributed by atoms with E-state index >= 15 is 0 Å². The van der Waals surface area contributed by atoms with Crippen LogP contribution < -0.4 is 0 Å². The maximum atomic E-state index is 13.0. The molecule has 1 aromatic rings. The number of rotatable bonds is 2. The zero-order valence-corrected chi connectivity index (χ0v) is 9.76. The summed E-state index contributed by atoms with van der Waals surface area (Å²) < 4.78 is 36.1. The van der Waals surface area contributed by atoms with Crippen molar-refractivity contribution in [3.05, 3.63) is 21.8 Å². The summed E-state index contributed by atoms with van der Waals surface area (Å²) in [5, 5.41) is 0. The first-order chi connectivity index (χ1) is 5.97. The maximum absolute atomic E-state index is 13.0. The Bertz CT molecular complexity index is 419. The summed E-state index contributed by atoms with van der Waals surface area (Å²) in [6.45, 7) is 1.47. The van der Waals surface area contributed by atoms with Crippen molar-refractivity contribution in [1.82, 2.24) is 4.98 Å². The van der Waals surface area contributed by atoms with Crippen LogP contribution in [0.5, 0.6) is 0 Å². The highest BCUT2D eigenvalue weighted by molar-refractivity contribution is 14.1. The van der Waals surface area contributed by atoms with Gasteiger partial charge in [0.15, 0.2) is 9.84 Å². The summed E-state index contributed by atoms with van der Waals surface area (Å²) in [5.74, 6) is -1.05. The summed E-state index contributed by atoms with van der Waals surface area (Å²) in [7, 11) is -3.49. The summed E-state index contributed by atoms with van der Waals surface area (Å²) in [5.41, 5.74) is 0. The molecule has 0 atom stereocenters. The Morgan fingerprint density at radius 2 is 2.23 bits per heavy atom. The molecule has 0 fully saturated rings. The van der Waals surface area contributed by atoms with Gasteiger partial charge in [0.05, 0.1) is 5.75 Å². The second-order valence-electron chi connectivity index (χ2n) is 2.35. The van der Waals surface area contributed by atoms with E-state index in [0.29, 0.717) is 3.57 Å². The van der Waals surface area contributed by atoms with Crippen LogP contribution in [0.3, 0.4) is 0 Å². The normalized spacial score (nSPS) is 11.6. The van der Waals surface area contributed by atoms with Gasteiger partial charge in [-0.05, 0) is 28.7 Å². The van der Waals surface area contributed by atoms with Gasteiger partial charge in [0.25, 0.3) is 0 Å². The predicted molar refractivity (Wildman–Crippen MR) is 54.6 cm³/mol. The molecule has 6 heteroatoms. The average molecular weight is 315 g/mol. The Hall–Kier alpha value is -0.240. The topological polar surface area (TPSA) is 47.0 Å². The number of hydrogen-bond acceptors (Lipinski definition) is 3. The molecule has 72 valence electrons. The molecule has 0 aromatic carbocycles. The van der Waals surface area contributed by atoms with E-state index < -0.39 is 15.8 Å². The van der Waals surface area contributed by atoms with E-state index in [1.807, 2.05) is 22.6 Å². The van der Waals surface area contributed by atoms with Gasteiger partial charge >= 0.3 is 0 Å². The van der Waals surface area contributed by atoms with Crippen molar-refractivity contribution in [2.24, 2.45) is 0 Å². The molecular formula is C7H7FINO2S. The van der Waals surface area contributed by atoms with E-state index in [4.69, 9.17) is 0 Å². The molecule has 13 heavy (non-hydrogen) atoms. The molecule has 0 aliphatic carbocycles. The molecule has 0 saturated heterocycles. The van der Waals surface area contributed by atoms with Gasteiger partial charge in [0.1, 0.15) is 4.90 Å². The Morgan fingerprint density at radius 3 is 2.77 bits per heavy atom. The number of halogens is 2. The van der Waals surface area contributed by atoms with Crippen LogP contribution in [0.2, 0.25) is 0 Å². The lowest BCUT2D eigenvalue weighted by molar-refractivity contribution is 0.538. The fourth-order valence-electron chi connectivity index (χ4n) is 0.778. The largest absolute Gasteiger partial charge is 0.231 e. The average Bonchev–Trinajstić information content (AvgIpc) is 2.09. The van der Waals surface area contributed by atoms with Gasteiger partial charge in [-0.1, -0.05) is 6.92 Å². The SMILES string of the molecule is CCS(=O)(=O)c1cc(I)cnc1F. The molecule has 3 nitrogen and oxygen atoms in total. The molecule has 1 rings (SSSR count). The zero-order chi connectivity index (χ0) is 10.1. The standard InChI is InChI=1S/C7H7FINO2S/c1-2-13(11,12)6-3-5(9)4-10-7(6)8/h3-4H,2H2,1H3. The highest BCUT2D eigenvalue weighted by Crippen LogP contribution is 2.16. The van der Waals surface area contributed by atoms with Crippen LogP contribution in [0.25, 0.3) is 0 Å². The molecule has 0 aliphatic rings. The fourth-order valence-corrected chi connectivity index (χ4v) is 2.37. The first-order valence-corrected chi connectivity index (χ1v) is 6.24. The van der Waals surface area contributed by atoms with Crippen LogP contribution >= 0.6 is 22.6 Å². The van der Waals surface area contributed by atoms with Gasteiger partial charge in [-0.15, -0.1) is 0 Å². The molecule has 0 amide bonds.